The number of hydrogen-bond acceptors (Lipinski definition) is 4. The van der Waals surface area contributed by atoms with E-state index in [0.29, 0.717) is 24.0 Å². The molecule has 2 aromatic rings. The van der Waals surface area contributed by atoms with E-state index in [4.69, 9.17) is 4.74 Å². The number of amides is 1. The molecule has 7 heteroatoms. The lowest BCUT2D eigenvalue weighted by Gasteiger charge is -2.28. The number of anilines is 1. The topological polar surface area (TPSA) is 63.2 Å². The van der Waals surface area contributed by atoms with Crippen LogP contribution in [-0.4, -0.2) is 24.0 Å². The normalized spacial score (nSPS) is 17.0. The number of pyridine rings is 1. The van der Waals surface area contributed by atoms with Gasteiger partial charge in [0, 0.05) is 30.6 Å². The van der Waals surface area contributed by atoms with Crippen LogP contribution < -0.4 is 15.4 Å². The number of aromatic nitrogens is 1. The molecular formula is C20H27Cl2N3O2. The van der Waals surface area contributed by atoms with Crippen LogP contribution in [0, 0.1) is 11.8 Å². The summed E-state index contributed by atoms with van der Waals surface area (Å²) in [7, 11) is 0. The third-order valence-electron chi connectivity index (χ3n) is 4.65. The molecule has 0 radical (unpaired) electrons. The van der Waals surface area contributed by atoms with Gasteiger partial charge in [0.1, 0.15) is 11.5 Å². The first-order valence-electron chi connectivity index (χ1n) is 8.89. The minimum atomic E-state index is 0. The van der Waals surface area contributed by atoms with Crippen LogP contribution in [0.25, 0.3) is 0 Å². The highest BCUT2D eigenvalue weighted by atomic mass is 35.5. The highest BCUT2D eigenvalue weighted by Gasteiger charge is 2.22. The molecule has 1 aliphatic heterocycles. The highest BCUT2D eigenvalue weighted by Crippen LogP contribution is 2.25. The highest BCUT2D eigenvalue weighted by molar-refractivity contribution is 5.91. The monoisotopic (exact) mass is 411 g/mol. The summed E-state index contributed by atoms with van der Waals surface area (Å²) < 4.78 is 5.78. The minimum absolute atomic E-state index is 0. The zero-order valence-electron chi connectivity index (χ0n) is 15.4. The fourth-order valence-electron chi connectivity index (χ4n) is 3.22. The Hall–Kier alpha value is -1.82. The van der Waals surface area contributed by atoms with E-state index in [-0.39, 0.29) is 30.7 Å². The van der Waals surface area contributed by atoms with Gasteiger partial charge in [0.15, 0.2) is 0 Å². The molecule has 2 atom stereocenters. The second-order valence-electron chi connectivity index (χ2n) is 6.65. The van der Waals surface area contributed by atoms with Gasteiger partial charge < -0.3 is 15.4 Å². The molecule has 0 aliphatic carbocycles. The smallest absolute Gasteiger partial charge is 0.224 e. The number of benzene rings is 1. The van der Waals surface area contributed by atoms with Crippen LogP contribution in [0.4, 0.5) is 5.69 Å². The van der Waals surface area contributed by atoms with Crippen LogP contribution in [0.1, 0.15) is 26.2 Å². The number of piperidine rings is 1. The van der Waals surface area contributed by atoms with Crippen LogP contribution in [0.3, 0.4) is 0 Å². The first kappa shape index (κ1) is 23.2. The molecular weight excluding hydrogens is 385 g/mol. The zero-order chi connectivity index (χ0) is 17.5. The Bertz CT molecular complexity index is 695. The molecule has 1 saturated heterocycles. The molecule has 1 amide bonds. The van der Waals surface area contributed by atoms with E-state index in [1.807, 2.05) is 24.3 Å². The predicted molar refractivity (Wildman–Crippen MR) is 113 cm³/mol. The van der Waals surface area contributed by atoms with Crippen LogP contribution in [0.2, 0.25) is 0 Å². The van der Waals surface area contributed by atoms with Gasteiger partial charge in [-0.1, -0.05) is 13.0 Å². The summed E-state index contributed by atoms with van der Waals surface area (Å²) in [4.78, 5) is 16.3. The molecule has 27 heavy (non-hydrogen) atoms. The number of carbonyl (C=O) groups excluding carboxylic acids is 1. The van der Waals surface area contributed by atoms with Gasteiger partial charge in [-0.2, -0.15) is 0 Å². The lowest BCUT2D eigenvalue weighted by molar-refractivity contribution is -0.117. The van der Waals surface area contributed by atoms with E-state index >= 15 is 0 Å². The average molecular weight is 412 g/mol. The van der Waals surface area contributed by atoms with E-state index in [1.165, 1.54) is 12.8 Å². The fourth-order valence-corrected chi connectivity index (χ4v) is 3.22. The number of halogens is 2. The van der Waals surface area contributed by atoms with Gasteiger partial charge in [-0.15, -0.1) is 24.8 Å². The van der Waals surface area contributed by atoms with Crippen molar-refractivity contribution in [1.29, 1.82) is 0 Å². The molecule has 2 heterocycles. The van der Waals surface area contributed by atoms with Crippen LogP contribution in [0.15, 0.2) is 48.8 Å². The first-order valence-corrected chi connectivity index (χ1v) is 8.89. The van der Waals surface area contributed by atoms with Crippen molar-refractivity contribution in [1.82, 2.24) is 10.3 Å². The Morgan fingerprint density at radius 1 is 1.26 bits per heavy atom. The summed E-state index contributed by atoms with van der Waals surface area (Å²) in [6.07, 6.45) is 6.31. The molecule has 3 rings (SSSR count). The van der Waals surface area contributed by atoms with Gasteiger partial charge in [0.2, 0.25) is 5.91 Å². The Morgan fingerprint density at radius 2 is 2.04 bits per heavy atom. The second kappa shape index (κ2) is 11.8. The van der Waals surface area contributed by atoms with E-state index < -0.39 is 0 Å². The number of hydrogen-bond donors (Lipinski definition) is 2. The van der Waals surface area contributed by atoms with Gasteiger partial charge in [-0.3, -0.25) is 9.78 Å². The van der Waals surface area contributed by atoms with Gasteiger partial charge in [0.25, 0.3) is 0 Å². The SMILES string of the molecule is CC(CC(=O)Nc1cccc(Oc2ccncc2)c1)C1CCCNC1.Cl.Cl. The standard InChI is InChI=1S/C20H25N3O2.2ClH/c1-15(16-4-3-9-22-14-16)12-20(24)23-17-5-2-6-19(13-17)25-18-7-10-21-11-8-18;;/h2,5-8,10-11,13,15-16,22H,3-4,9,12,14H2,1H3,(H,23,24);2*1H. The van der Waals surface area contributed by atoms with Crippen LogP contribution >= 0.6 is 24.8 Å². The lowest BCUT2D eigenvalue weighted by Crippen LogP contribution is -2.34. The van der Waals surface area contributed by atoms with Crippen molar-refractivity contribution in [2.45, 2.75) is 26.2 Å². The number of rotatable bonds is 6. The molecule has 0 bridgehead atoms. The summed E-state index contributed by atoms with van der Waals surface area (Å²) in [6, 6.07) is 11.1. The maximum Gasteiger partial charge on any atom is 0.224 e. The molecule has 2 unspecified atom stereocenters. The van der Waals surface area contributed by atoms with Crippen LogP contribution in [-0.2, 0) is 4.79 Å². The zero-order valence-corrected chi connectivity index (χ0v) is 17.0. The number of nitrogens with zero attached hydrogens (tertiary/aromatic N) is 1. The summed E-state index contributed by atoms with van der Waals surface area (Å²) in [5.41, 5.74) is 0.755. The Kier molecular flexibility index (Phi) is 10.1. The van der Waals surface area contributed by atoms with Crippen molar-refractivity contribution in [3.63, 3.8) is 0 Å². The van der Waals surface area contributed by atoms with Crippen molar-refractivity contribution >= 4 is 36.4 Å². The molecule has 1 aliphatic rings. The van der Waals surface area contributed by atoms with E-state index in [9.17, 15) is 4.79 Å². The van der Waals surface area contributed by atoms with Gasteiger partial charge >= 0.3 is 0 Å². The number of nitrogens with one attached hydrogen (secondary N) is 2. The van der Waals surface area contributed by atoms with E-state index in [2.05, 4.69) is 22.5 Å². The summed E-state index contributed by atoms with van der Waals surface area (Å²) in [5, 5.41) is 6.40. The number of ether oxygens (including phenoxy) is 1. The Morgan fingerprint density at radius 3 is 2.74 bits per heavy atom. The van der Waals surface area contributed by atoms with Crippen molar-refractivity contribution in [3.8, 4) is 11.5 Å². The molecule has 1 aromatic carbocycles. The second-order valence-corrected chi connectivity index (χ2v) is 6.65. The third-order valence-corrected chi connectivity index (χ3v) is 4.65. The van der Waals surface area contributed by atoms with Gasteiger partial charge in [-0.05, 0) is 62.0 Å². The van der Waals surface area contributed by atoms with E-state index in [1.54, 1.807) is 24.5 Å². The maximum atomic E-state index is 12.4. The Labute approximate surface area is 173 Å². The quantitative estimate of drug-likeness (QED) is 0.723. The first-order chi connectivity index (χ1) is 12.2. The largest absolute Gasteiger partial charge is 0.457 e. The van der Waals surface area contributed by atoms with Crippen molar-refractivity contribution in [3.05, 3.63) is 48.8 Å². The third kappa shape index (κ3) is 7.37. The average Bonchev–Trinajstić information content (AvgIpc) is 2.63. The molecule has 148 valence electrons. The maximum absolute atomic E-state index is 12.4. The predicted octanol–water partition coefficient (Wildman–Crippen LogP) is 4.68. The molecule has 0 saturated carbocycles. The van der Waals surface area contributed by atoms with Crippen LogP contribution in [0.5, 0.6) is 11.5 Å². The summed E-state index contributed by atoms with van der Waals surface area (Å²) in [5.74, 6) is 2.43. The molecule has 5 nitrogen and oxygen atoms in total. The molecule has 1 fully saturated rings. The summed E-state index contributed by atoms with van der Waals surface area (Å²) in [6.45, 7) is 4.28. The Balaban J connectivity index is 0.00000182. The van der Waals surface area contributed by atoms with Crippen molar-refractivity contribution in [2.24, 2.45) is 11.8 Å². The lowest BCUT2D eigenvalue weighted by atomic mass is 9.85. The molecule has 1 aromatic heterocycles. The minimum Gasteiger partial charge on any atom is -0.457 e. The van der Waals surface area contributed by atoms with Gasteiger partial charge in [0.05, 0.1) is 0 Å². The molecule has 2 N–H and O–H groups in total. The van der Waals surface area contributed by atoms with E-state index in [0.717, 1.165) is 24.5 Å². The fraction of sp³-hybridized carbons (Fsp3) is 0.400. The summed E-state index contributed by atoms with van der Waals surface area (Å²) >= 11 is 0. The molecule has 0 spiro atoms. The van der Waals surface area contributed by atoms with Gasteiger partial charge in [-0.25, -0.2) is 0 Å². The van der Waals surface area contributed by atoms with Crippen molar-refractivity contribution in [2.75, 3.05) is 18.4 Å². The number of carbonyl (C=O) groups is 1. The van der Waals surface area contributed by atoms with Crippen molar-refractivity contribution < 1.29 is 9.53 Å².